The van der Waals surface area contributed by atoms with Gasteiger partial charge in [-0.2, -0.15) is 0 Å². The zero-order valence-electron chi connectivity index (χ0n) is 16.8. The third-order valence-electron chi connectivity index (χ3n) is 5.15. The fourth-order valence-corrected chi connectivity index (χ4v) is 4.45. The highest BCUT2D eigenvalue weighted by Crippen LogP contribution is 2.28. The van der Waals surface area contributed by atoms with Crippen molar-refractivity contribution in [3.63, 3.8) is 0 Å². The van der Waals surface area contributed by atoms with Gasteiger partial charge in [-0.05, 0) is 18.2 Å². The number of ether oxygens (including phenoxy) is 1. The highest BCUT2D eigenvalue weighted by atomic mass is 32.1. The number of carbonyl (C=O) groups is 2. The quantitative estimate of drug-likeness (QED) is 0.668. The topological polar surface area (TPSA) is 90.9 Å². The number of benzene rings is 1. The number of anilines is 2. The highest BCUT2D eigenvalue weighted by molar-refractivity contribution is 7.81. The third kappa shape index (κ3) is 4.74. The van der Waals surface area contributed by atoms with Crippen LogP contribution in [0, 0.1) is 5.82 Å². The Labute approximate surface area is 187 Å². The van der Waals surface area contributed by atoms with Gasteiger partial charge in [0.15, 0.2) is 5.01 Å². The zero-order valence-corrected chi connectivity index (χ0v) is 18.4. The lowest BCUT2D eigenvalue weighted by atomic mass is 10.2. The van der Waals surface area contributed by atoms with Gasteiger partial charge in [0, 0.05) is 33.1 Å². The van der Waals surface area contributed by atoms with Crippen molar-refractivity contribution in [2.24, 2.45) is 0 Å². The van der Waals surface area contributed by atoms with Crippen molar-refractivity contribution in [1.82, 2.24) is 20.4 Å². The lowest BCUT2D eigenvalue weighted by Gasteiger charge is -2.37. The normalized spacial score (nSPS) is 18.8. The van der Waals surface area contributed by atoms with Gasteiger partial charge in [-0.3, -0.25) is 9.69 Å². The van der Waals surface area contributed by atoms with Crippen LogP contribution in [0.4, 0.5) is 20.6 Å². The van der Waals surface area contributed by atoms with E-state index < -0.39 is 18.0 Å². The van der Waals surface area contributed by atoms with Crippen LogP contribution in [-0.4, -0.2) is 77.5 Å². The van der Waals surface area contributed by atoms with Crippen LogP contribution in [-0.2, 0) is 9.53 Å². The molecule has 1 atom stereocenters. The Morgan fingerprint density at radius 1 is 1.35 bits per heavy atom. The third-order valence-corrected chi connectivity index (χ3v) is 6.42. The van der Waals surface area contributed by atoms with Crippen molar-refractivity contribution in [3.05, 3.63) is 34.5 Å². The van der Waals surface area contributed by atoms with E-state index in [1.54, 1.807) is 17.6 Å². The molecule has 0 radical (unpaired) electrons. The summed E-state index contributed by atoms with van der Waals surface area (Å²) in [6.07, 6.45) is -1.02. The smallest absolute Gasteiger partial charge is 0.414 e. The molecule has 4 rings (SSSR count). The molecule has 2 aliphatic rings. The highest BCUT2D eigenvalue weighted by Gasteiger charge is 2.33. The van der Waals surface area contributed by atoms with Gasteiger partial charge in [0.25, 0.3) is 0 Å². The summed E-state index contributed by atoms with van der Waals surface area (Å²) in [5, 5.41) is 11.2. The molecule has 9 nitrogen and oxygen atoms in total. The SMILES string of the molecule is CC(=O)NCC1CN(c2ccc(N3CCN(C(=S)c4nncs4)CC3)c(F)c2)C(=O)O1. The van der Waals surface area contributed by atoms with Gasteiger partial charge in [-0.1, -0.05) is 23.6 Å². The molecular weight excluding hydrogens is 443 g/mol. The summed E-state index contributed by atoms with van der Waals surface area (Å²) in [5.74, 6) is -0.607. The van der Waals surface area contributed by atoms with Gasteiger partial charge in [0.05, 0.1) is 24.5 Å². The van der Waals surface area contributed by atoms with Gasteiger partial charge in [0.2, 0.25) is 5.91 Å². The standard InChI is InChI=1S/C19H21FN6O3S2/c1-12(27)21-9-14-10-26(19(28)29-14)13-2-3-16(15(20)8-13)24-4-6-25(7-5-24)18(30)17-23-22-11-31-17/h2-3,8,11,14H,4-7,9-10H2,1H3,(H,21,27). The molecule has 2 aliphatic heterocycles. The first kappa shape index (κ1) is 21.4. The number of thiocarbonyl (C=S) groups is 1. The number of hydrogen-bond acceptors (Lipinski definition) is 8. The maximum Gasteiger partial charge on any atom is 0.414 e. The van der Waals surface area contributed by atoms with E-state index in [1.807, 2.05) is 9.80 Å². The molecule has 1 aromatic heterocycles. The first-order valence-electron chi connectivity index (χ1n) is 9.75. The van der Waals surface area contributed by atoms with Crippen LogP contribution in [0.15, 0.2) is 23.7 Å². The number of carbonyl (C=O) groups excluding carboxylic acids is 2. The van der Waals surface area contributed by atoms with Crippen molar-refractivity contribution in [2.45, 2.75) is 13.0 Å². The molecule has 1 aromatic carbocycles. The number of amides is 2. The monoisotopic (exact) mass is 464 g/mol. The number of nitrogens with one attached hydrogen (secondary N) is 1. The van der Waals surface area contributed by atoms with Gasteiger partial charge in [0.1, 0.15) is 22.4 Å². The molecule has 164 valence electrons. The zero-order chi connectivity index (χ0) is 22.0. The molecule has 2 fully saturated rings. The van der Waals surface area contributed by atoms with Gasteiger partial charge in [-0.25, -0.2) is 9.18 Å². The van der Waals surface area contributed by atoms with Crippen LogP contribution in [0.25, 0.3) is 0 Å². The van der Waals surface area contributed by atoms with E-state index in [4.69, 9.17) is 17.0 Å². The summed E-state index contributed by atoms with van der Waals surface area (Å²) >= 11 is 6.88. The molecule has 0 bridgehead atoms. The number of piperazine rings is 1. The second-order valence-corrected chi connectivity index (χ2v) is 8.43. The first-order valence-corrected chi connectivity index (χ1v) is 11.0. The molecule has 3 heterocycles. The van der Waals surface area contributed by atoms with Crippen molar-refractivity contribution < 1.29 is 18.7 Å². The Morgan fingerprint density at radius 2 is 2.13 bits per heavy atom. The molecule has 1 N–H and O–H groups in total. The van der Waals surface area contributed by atoms with E-state index in [0.717, 1.165) is 0 Å². The van der Waals surface area contributed by atoms with Crippen molar-refractivity contribution in [2.75, 3.05) is 49.1 Å². The molecule has 2 aromatic rings. The van der Waals surface area contributed by atoms with Crippen LogP contribution in [0.1, 0.15) is 11.9 Å². The van der Waals surface area contributed by atoms with Crippen LogP contribution in [0.3, 0.4) is 0 Å². The van der Waals surface area contributed by atoms with Crippen LogP contribution in [0.5, 0.6) is 0 Å². The lowest BCUT2D eigenvalue weighted by molar-refractivity contribution is -0.119. The predicted molar refractivity (Wildman–Crippen MR) is 118 cm³/mol. The summed E-state index contributed by atoms with van der Waals surface area (Å²) in [5.41, 5.74) is 2.55. The summed E-state index contributed by atoms with van der Waals surface area (Å²) in [6, 6.07) is 4.73. The fraction of sp³-hybridized carbons (Fsp3) is 0.421. The van der Waals surface area contributed by atoms with Crippen molar-refractivity contribution >= 4 is 51.9 Å². The fourth-order valence-electron chi connectivity index (χ4n) is 3.57. The number of cyclic esters (lactones) is 1. The average molecular weight is 465 g/mol. The maximum absolute atomic E-state index is 14.9. The second kappa shape index (κ2) is 9.10. The number of hydrogen-bond donors (Lipinski definition) is 1. The van der Waals surface area contributed by atoms with Crippen molar-refractivity contribution in [3.8, 4) is 0 Å². The average Bonchev–Trinajstić information content (AvgIpc) is 3.42. The van der Waals surface area contributed by atoms with E-state index in [2.05, 4.69) is 15.5 Å². The Morgan fingerprint density at radius 3 is 2.77 bits per heavy atom. The molecule has 0 aliphatic carbocycles. The number of halogens is 1. The van der Waals surface area contributed by atoms with E-state index in [-0.39, 0.29) is 19.0 Å². The largest absolute Gasteiger partial charge is 0.442 e. The molecule has 12 heteroatoms. The first-order chi connectivity index (χ1) is 14.9. The number of aromatic nitrogens is 2. The van der Waals surface area contributed by atoms with Gasteiger partial charge >= 0.3 is 6.09 Å². The maximum atomic E-state index is 14.9. The van der Waals surface area contributed by atoms with E-state index in [9.17, 15) is 14.0 Å². The summed E-state index contributed by atoms with van der Waals surface area (Å²) in [4.78, 5) is 29.3. The second-order valence-electron chi connectivity index (χ2n) is 7.21. The molecule has 1 unspecified atom stereocenters. The number of rotatable bonds is 5. The molecular formula is C19H21FN6O3S2. The minimum absolute atomic E-state index is 0.200. The van der Waals surface area contributed by atoms with Crippen LogP contribution >= 0.6 is 23.6 Å². The molecule has 31 heavy (non-hydrogen) atoms. The van der Waals surface area contributed by atoms with E-state index >= 15 is 0 Å². The molecule has 2 saturated heterocycles. The summed E-state index contributed by atoms with van der Waals surface area (Å²) in [6.45, 7) is 4.40. The van der Waals surface area contributed by atoms with Crippen LogP contribution in [0.2, 0.25) is 0 Å². The Balaban J connectivity index is 1.38. The Hall–Kier alpha value is -2.86. The Bertz CT molecular complexity index is 981. The van der Waals surface area contributed by atoms with E-state index in [0.29, 0.717) is 47.5 Å². The minimum atomic E-state index is -0.554. The molecule has 0 saturated carbocycles. The number of nitrogens with zero attached hydrogens (tertiary/aromatic N) is 5. The van der Waals surface area contributed by atoms with E-state index in [1.165, 1.54) is 29.2 Å². The van der Waals surface area contributed by atoms with Crippen LogP contribution < -0.4 is 15.1 Å². The summed E-state index contributed by atoms with van der Waals surface area (Å²) in [7, 11) is 0. The Kier molecular flexibility index (Phi) is 6.28. The molecule has 2 amide bonds. The molecule has 0 spiro atoms. The minimum Gasteiger partial charge on any atom is -0.442 e. The predicted octanol–water partition coefficient (Wildman–Crippen LogP) is 1.64. The van der Waals surface area contributed by atoms with Crippen molar-refractivity contribution in [1.29, 1.82) is 0 Å². The summed E-state index contributed by atoms with van der Waals surface area (Å²) < 4.78 is 20.2. The van der Waals surface area contributed by atoms with Gasteiger partial charge < -0.3 is 19.9 Å². The van der Waals surface area contributed by atoms with Gasteiger partial charge in [-0.15, -0.1) is 10.2 Å². The lowest BCUT2D eigenvalue weighted by Crippen LogP contribution is -2.48.